The van der Waals surface area contributed by atoms with Crippen LogP contribution in [0.1, 0.15) is 110 Å². The summed E-state index contributed by atoms with van der Waals surface area (Å²) in [5, 5.41) is 8.64. The van der Waals surface area contributed by atoms with Crippen molar-refractivity contribution >= 4 is 0 Å². The summed E-state index contributed by atoms with van der Waals surface area (Å²) in [5.74, 6) is 0. The highest BCUT2D eigenvalue weighted by Gasteiger charge is 1.93. The van der Waals surface area contributed by atoms with Gasteiger partial charge in [0.15, 0.2) is 0 Å². The molecule has 0 aliphatic carbocycles. The Balaban J connectivity index is 2.96. The van der Waals surface area contributed by atoms with Crippen LogP contribution in [-0.2, 0) is 0 Å². The molecule has 126 valence electrons. The fourth-order valence-electron chi connectivity index (χ4n) is 2.77. The third kappa shape index (κ3) is 19.7. The Kier molecular flexibility index (Phi) is 19.4. The van der Waals surface area contributed by atoms with Gasteiger partial charge in [-0.3, -0.25) is 0 Å². The molecular weight excluding hydrogens is 256 g/mol. The van der Waals surface area contributed by atoms with E-state index in [1.54, 1.807) is 0 Å². The first-order chi connectivity index (χ1) is 10.4. The molecule has 0 spiro atoms. The summed E-state index contributed by atoms with van der Waals surface area (Å²) in [5.41, 5.74) is 0. The maximum atomic E-state index is 8.64. The Morgan fingerprint density at radius 3 is 1.33 bits per heavy atom. The van der Waals surface area contributed by atoms with Crippen molar-refractivity contribution in [2.75, 3.05) is 6.61 Å². The summed E-state index contributed by atoms with van der Waals surface area (Å²) >= 11 is 0. The van der Waals surface area contributed by atoms with Gasteiger partial charge in [-0.25, -0.2) is 0 Å². The summed E-state index contributed by atoms with van der Waals surface area (Å²) in [6.07, 6.45) is 26.3. The average Bonchev–Trinajstić information content (AvgIpc) is 2.50. The number of hydrogen-bond acceptors (Lipinski definition) is 1. The minimum atomic E-state index is 0.287. The Hall–Kier alpha value is -0.300. The zero-order valence-electron chi connectivity index (χ0n) is 14.6. The van der Waals surface area contributed by atoms with Crippen LogP contribution in [-0.4, -0.2) is 11.7 Å². The molecule has 1 heteroatoms. The topological polar surface area (TPSA) is 20.2 Å². The minimum Gasteiger partial charge on any atom is -0.396 e. The molecule has 1 N–H and O–H groups in total. The fraction of sp³-hybridized carbons (Fsp3) is 0.900. The zero-order valence-corrected chi connectivity index (χ0v) is 14.6. The number of allylic oxidation sites excluding steroid dienone is 1. The van der Waals surface area contributed by atoms with E-state index in [0.29, 0.717) is 0 Å². The number of aliphatic hydroxyl groups is 1. The molecule has 0 fully saturated rings. The molecule has 0 bridgehead atoms. The molecule has 0 atom stereocenters. The minimum absolute atomic E-state index is 0.287. The Bertz CT molecular complexity index is 198. The van der Waals surface area contributed by atoms with E-state index in [1.807, 2.05) is 0 Å². The monoisotopic (exact) mass is 296 g/mol. The second kappa shape index (κ2) is 19.7. The third-order valence-corrected chi connectivity index (χ3v) is 4.19. The highest BCUT2D eigenvalue weighted by atomic mass is 16.2. The first kappa shape index (κ1) is 20.7. The molecule has 0 radical (unpaired) electrons. The van der Waals surface area contributed by atoms with Crippen LogP contribution in [0.3, 0.4) is 0 Å². The van der Waals surface area contributed by atoms with Crippen molar-refractivity contribution in [2.45, 2.75) is 110 Å². The van der Waals surface area contributed by atoms with Crippen LogP contribution in [0.25, 0.3) is 0 Å². The molecule has 1 nitrogen and oxygen atoms in total. The number of aliphatic hydroxyl groups excluding tert-OH is 1. The summed E-state index contributed by atoms with van der Waals surface area (Å²) in [4.78, 5) is 0. The number of hydrogen-bond donors (Lipinski definition) is 1. The van der Waals surface area contributed by atoms with Gasteiger partial charge >= 0.3 is 0 Å². The van der Waals surface area contributed by atoms with Gasteiger partial charge < -0.3 is 5.11 Å². The summed E-state index contributed by atoms with van der Waals surface area (Å²) in [7, 11) is 0. The number of rotatable bonds is 17. The van der Waals surface area contributed by atoms with Crippen molar-refractivity contribution in [2.24, 2.45) is 0 Å². The lowest BCUT2D eigenvalue weighted by Crippen LogP contribution is -1.83. The lowest BCUT2D eigenvalue weighted by Gasteiger charge is -2.02. The zero-order chi connectivity index (χ0) is 15.4. The van der Waals surface area contributed by atoms with Crippen LogP contribution < -0.4 is 0 Å². The molecule has 0 rings (SSSR count). The van der Waals surface area contributed by atoms with Gasteiger partial charge in [0.05, 0.1) is 0 Å². The van der Waals surface area contributed by atoms with Crippen LogP contribution in [0.2, 0.25) is 0 Å². The Morgan fingerprint density at radius 1 is 0.524 bits per heavy atom. The SMILES string of the molecule is CCCCCCCCCCCCCCCC/C=C/CCO. The van der Waals surface area contributed by atoms with E-state index in [0.717, 1.165) is 6.42 Å². The quantitative estimate of drug-likeness (QED) is 0.231. The van der Waals surface area contributed by atoms with Crippen molar-refractivity contribution < 1.29 is 5.11 Å². The highest BCUT2D eigenvalue weighted by Crippen LogP contribution is 2.13. The first-order valence-electron chi connectivity index (χ1n) is 9.67. The van der Waals surface area contributed by atoms with Crippen LogP contribution in [0, 0.1) is 0 Å². The van der Waals surface area contributed by atoms with Crippen molar-refractivity contribution in [1.82, 2.24) is 0 Å². The summed E-state index contributed by atoms with van der Waals surface area (Å²) in [6, 6.07) is 0. The molecule has 0 aromatic heterocycles. The van der Waals surface area contributed by atoms with E-state index < -0.39 is 0 Å². The van der Waals surface area contributed by atoms with Gasteiger partial charge in [0.2, 0.25) is 0 Å². The molecule has 0 aromatic rings. The Labute approximate surface area is 134 Å². The summed E-state index contributed by atoms with van der Waals surface area (Å²) < 4.78 is 0. The maximum Gasteiger partial charge on any atom is 0.0465 e. The summed E-state index contributed by atoms with van der Waals surface area (Å²) in [6.45, 7) is 2.57. The van der Waals surface area contributed by atoms with E-state index in [4.69, 9.17) is 5.11 Å². The lowest BCUT2D eigenvalue weighted by molar-refractivity contribution is 0.302. The molecule has 0 aliphatic rings. The van der Waals surface area contributed by atoms with Crippen LogP contribution in [0.5, 0.6) is 0 Å². The smallest absolute Gasteiger partial charge is 0.0465 e. The second-order valence-corrected chi connectivity index (χ2v) is 6.37. The second-order valence-electron chi connectivity index (χ2n) is 6.37. The lowest BCUT2D eigenvalue weighted by atomic mass is 10.0. The first-order valence-corrected chi connectivity index (χ1v) is 9.67. The van der Waals surface area contributed by atoms with E-state index in [2.05, 4.69) is 19.1 Å². The van der Waals surface area contributed by atoms with E-state index >= 15 is 0 Å². The molecule has 21 heavy (non-hydrogen) atoms. The molecular formula is C20H40O. The maximum absolute atomic E-state index is 8.64. The third-order valence-electron chi connectivity index (χ3n) is 4.19. The predicted molar refractivity (Wildman–Crippen MR) is 95.8 cm³/mol. The van der Waals surface area contributed by atoms with Crippen molar-refractivity contribution in [3.05, 3.63) is 12.2 Å². The predicted octanol–water partition coefficient (Wildman–Crippen LogP) is 6.80. The van der Waals surface area contributed by atoms with Gasteiger partial charge in [-0.05, 0) is 19.3 Å². The molecule has 0 unspecified atom stereocenters. The largest absolute Gasteiger partial charge is 0.396 e. The molecule has 0 aromatic carbocycles. The molecule has 0 amide bonds. The van der Waals surface area contributed by atoms with Crippen LogP contribution in [0.4, 0.5) is 0 Å². The molecule has 0 heterocycles. The van der Waals surface area contributed by atoms with Gasteiger partial charge in [0.1, 0.15) is 0 Å². The highest BCUT2D eigenvalue weighted by molar-refractivity contribution is 4.80. The van der Waals surface area contributed by atoms with Crippen molar-refractivity contribution in [1.29, 1.82) is 0 Å². The van der Waals surface area contributed by atoms with Gasteiger partial charge in [-0.1, -0.05) is 103 Å². The van der Waals surface area contributed by atoms with Crippen LogP contribution in [0.15, 0.2) is 12.2 Å². The molecule has 0 saturated carbocycles. The van der Waals surface area contributed by atoms with Gasteiger partial charge in [0, 0.05) is 6.61 Å². The van der Waals surface area contributed by atoms with Crippen molar-refractivity contribution in [3.63, 3.8) is 0 Å². The Morgan fingerprint density at radius 2 is 0.905 bits per heavy atom. The van der Waals surface area contributed by atoms with Crippen molar-refractivity contribution in [3.8, 4) is 0 Å². The van der Waals surface area contributed by atoms with E-state index in [9.17, 15) is 0 Å². The van der Waals surface area contributed by atoms with Gasteiger partial charge in [-0.15, -0.1) is 0 Å². The standard InChI is InChI=1S/C20H40O/c1-2-3-4-5-6-7-8-9-10-11-12-13-14-15-16-17-18-19-20-21/h17-18,21H,2-16,19-20H2,1H3/b18-17+. The van der Waals surface area contributed by atoms with E-state index in [1.165, 1.54) is 96.3 Å². The van der Waals surface area contributed by atoms with Gasteiger partial charge in [-0.2, -0.15) is 0 Å². The fourth-order valence-corrected chi connectivity index (χ4v) is 2.77. The normalized spacial score (nSPS) is 11.5. The molecule has 0 saturated heterocycles. The van der Waals surface area contributed by atoms with Crippen LogP contribution >= 0.6 is 0 Å². The number of unbranched alkanes of at least 4 members (excludes halogenated alkanes) is 14. The average molecular weight is 297 g/mol. The molecule has 0 aliphatic heterocycles. The van der Waals surface area contributed by atoms with E-state index in [-0.39, 0.29) is 6.61 Å². The van der Waals surface area contributed by atoms with Gasteiger partial charge in [0.25, 0.3) is 0 Å².